The van der Waals surface area contributed by atoms with Crippen LogP contribution < -0.4 is 0 Å². The Morgan fingerprint density at radius 2 is 2.24 bits per heavy atom. The molecule has 0 radical (unpaired) electrons. The van der Waals surface area contributed by atoms with Gasteiger partial charge in [-0.25, -0.2) is 0 Å². The Morgan fingerprint density at radius 1 is 1.57 bits per heavy atom. The van der Waals surface area contributed by atoms with Crippen molar-refractivity contribution in [3.63, 3.8) is 0 Å². The first-order valence-electron chi connectivity index (χ1n) is 6.60. The van der Waals surface area contributed by atoms with Gasteiger partial charge in [-0.3, -0.25) is 4.79 Å². The highest BCUT2D eigenvalue weighted by molar-refractivity contribution is 9.28. The van der Waals surface area contributed by atoms with E-state index in [-0.39, 0.29) is 11.3 Å². The third kappa shape index (κ3) is 2.72. The third-order valence-electron chi connectivity index (χ3n) is 4.62. The zero-order valence-corrected chi connectivity index (χ0v) is 15.1. The van der Waals surface area contributed by atoms with Crippen LogP contribution in [0.15, 0.2) is 27.9 Å². The van der Waals surface area contributed by atoms with Crippen molar-refractivity contribution >= 4 is 37.8 Å². The van der Waals surface area contributed by atoms with Gasteiger partial charge in [-0.05, 0) is 55.3 Å². The van der Waals surface area contributed by atoms with Crippen molar-refractivity contribution in [1.29, 1.82) is 0 Å². The van der Waals surface area contributed by atoms with Crippen LogP contribution in [0.25, 0.3) is 0 Å². The molecule has 1 N–H and O–H groups in total. The number of halogens is 2. The maximum Gasteiger partial charge on any atom is 0.311 e. The van der Waals surface area contributed by atoms with E-state index in [1.54, 1.807) is 0 Å². The van der Waals surface area contributed by atoms with E-state index in [1.807, 2.05) is 43.0 Å². The number of rotatable bonds is 5. The summed E-state index contributed by atoms with van der Waals surface area (Å²) >= 11 is 6.67. The van der Waals surface area contributed by atoms with E-state index in [9.17, 15) is 9.90 Å². The maximum atomic E-state index is 11.9. The van der Waals surface area contributed by atoms with Gasteiger partial charge in [-0.1, -0.05) is 25.8 Å². The van der Waals surface area contributed by atoms with Gasteiger partial charge in [0.05, 0.1) is 15.4 Å². The monoisotopic (exact) mass is 413 g/mol. The van der Waals surface area contributed by atoms with Crippen LogP contribution in [-0.4, -0.2) is 15.6 Å². The van der Waals surface area contributed by atoms with Crippen LogP contribution >= 0.6 is 31.9 Å². The fourth-order valence-corrected chi connectivity index (χ4v) is 3.84. The summed E-state index contributed by atoms with van der Waals surface area (Å²) in [5.74, 6) is 1.80. The van der Waals surface area contributed by atoms with E-state index in [4.69, 9.17) is 6.42 Å². The number of aromatic nitrogens is 1. The Labute approximate surface area is 141 Å². The van der Waals surface area contributed by atoms with Gasteiger partial charge in [0.15, 0.2) is 0 Å². The minimum atomic E-state index is -0.776. The molecule has 5 heteroatoms. The fraction of sp³-hybridized carbons (Fsp3) is 0.438. The summed E-state index contributed by atoms with van der Waals surface area (Å²) < 4.78 is 2.69. The molecule has 1 saturated carbocycles. The van der Waals surface area contributed by atoms with Crippen LogP contribution in [0.2, 0.25) is 0 Å². The highest BCUT2D eigenvalue weighted by Crippen LogP contribution is 2.71. The molecule has 112 valence electrons. The van der Waals surface area contributed by atoms with Crippen molar-refractivity contribution in [2.45, 2.75) is 26.8 Å². The molecule has 1 fully saturated rings. The molecule has 2 atom stereocenters. The number of allylic oxidation sites excluding steroid dienone is 1. The van der Waals surface area contributed by atoms with Gasteiger partial charge in [0.25, 0.3) is 0 Å². The average Bonchev–Trinajstić information content (AvgIpc) is 2.72. The highest BCUT2D eigenvalue weighted by Gasteiger charge is 2.74. The lowest BCUT2D eigenvalue weighted by Crippen LogP contribution is -2.24. The number of aliphatic carboxylic acids is 1. The second-order valence-electron chi connectivity index (χ2n) is 6.01. The molecule has 1 heterocycles. The summed E-state index contributed by atoms with van der Waals surface area (Å²) in [6.07, 6.45) is 11.6. The van der Waals surface area contributed by atoms with Crippen molar-refractivity contribution in [2.75, 3.05) is 0 Å². The van der Waals surface area contributed by atoms with Crippen LogP contribution in [0, 0.1) is 29.1 Å². The molecule has 0 bridgehead atoms. The molecule has 1 aliphatic carbocycles. The van der Waals surface area contributed by atoms with Crippen LogP contribution in [0.4, 0.5) is 0 Å². The van der Waals surface area contributed by atoms with Crippen LogP contribution in [0.1, 0.15) is 19.4 Å². The highest BCUT2D eigenvalue weighted by atomic mass is 79.9. The minimum absolute atomic E-state index is 0.0211. The first kappa shape index (κ1) is 16.4. The van der Waals surface area contributed by atoms with Crippen molar-refractivity contribution < 1.29 is 9.90 Å². The van der Waals surface area contributed by atoms with Gasteiger partial charge in [0.2, 0.25) is 0 Å². The molecule has 1 aromatic rings. The molecule has 0 aromatic carbocycles. The molecule has 0 aliphatic heterocycles. The smallest absolute Gasteiger partial charge is 0.311 e. The zero-order valence-electron chi connectivity index (χ0n) is 11.9. The Bertz CT molecular complexity index is 635. The fourth-order valence-electron chi connectivity index (χ4n) is 3.31. The zero-order chi connectivity index (χ0) is 15.8. The topological polar surface area (TPSA) is 42.2 Å². The largest absolute Gasteiger partial charge is 0.481 e. The molecular weight excluding hydrogens is 398 g/mol. The van der Waals surface area contributed by atoms with Crippen molar-refractivity contribution in [1.82, 2.24) is 4.57 Å². The normalized spacial score (nSPS) is 26.0. The van der Waals surface area contributed by atoms with Gasteiger partial charge in [0.1, 0.15) is 0 Å². The number of hydrogen-bond donors (Lipinski definition) is 1. The predicted molar refractivity (Wildman–Crippen MR) is 90.2 cm³/mol. The number of carboxylic acids is 1. The van der Waals surface area contributed by atoms with Crippen LogP contribution in [0.3, 0.4) is 0 Å². The lowest BCUT2D eigenvalue weighted by Gasteiger charge is -2.14. The van der Waals surface area contributed by atoms with E-state index in [1.165, 1.54) is 0 Å². The molecule has 21 heavy (non-hydrogen) atoms. The molecule has 2 rings (SSSR count). The van der Waals surface area contributed by atoms with Crippen molar-refractivity contribution in [3.8, 4) is 12.3 Å². The minimum Gasteiger partial charge on any atom is -0.481 e. The number of nitrogens with zero attached hydrogens (tertiary/aromatic N) is 1. The summed E-state index contributed by atoms with van der Waals surface area (Å²) in [6, 6.07) is 1.94. The number of carboxylic acid groups (broad SMARTS) is 1. The molecule has 3 nitrogen and oxygen atoms in total. The van der Waals surface area contributed by atoms with E-state index >= 15 is 0 Å². The standard InChI is InChI=1S/C16H17Br2NO2/c1-4-6-19-7-5-11(10-19)9-16(14(20)21)12(8-13(17)18)15(16,2)3/h1,5,7-8,10,12H,6,9H2,2-3H3,(H,20,21)/t12-,16+/m1/s1. The van der Waals surface area contributed by atoms with Crippen molar-refractivity contribution in [3.05, 3.63) is 33.5 Å². The maximum absolute atomic E-state index is 11.9. The average molecular weight is 415 g/mol. The number of terminal acetylenes is 1. The third-order valence-corrected chi connectivity index (χ3v) is 5.15. The first-order chi connectivity index (χ1) is 9.75. The number of hydrogen-bond acceptors (Lipinski definition) is 1. The Balaban J connectivity index is 2.31. The van der Waals surface area contributed by atoms with Crippen LogP contribution in [0.5, 0.6) is 0 Å². The Morgan fingerprint density at radius 3 is 2.76 bits per heavy atom. The summed E-state index contributed by atoms with van der Waals surface area (Å²) in [6.45, 7) is 4.51. The van der Waals surface area contributed by atoms with Gasteiger partial charge in [0, 0.05) is 18.3 Å². The summed E-state index contributed by atoms with van der Waals surface area (Å²) in [4.78, 5) is 11.9. The summed E-state index contributed by atoms with van der Waals surface area (Å²) in [5, 5.41) is 9.80. The Hall–Kier alpha value is -0.990. The van der Waals surface area contributed by atoms with Crippen molar-refractivity contribution in [2.24, 2.45) is 16.7 Å². The summed E-state index contributed by atoms with van der Waals surface area (Å²) in [7, 11) is 0. The van der Waals surface area contributed by atoms with E-state index < -0.39 is 11.4 Å². The van der Waals surface area contributed by atoms with Gasteiger partial charge < -0.3 is 9.67 Å². The first-order valence-corrected chi connectivity index (χ1v) is 8.18. The molecule has 0 spiro atoms. The predicted octanol–water partition coefficient (Wildman–Crippen LogP) is 4.02. The van der Waals surface area contributed by atoms with E-state index in [0.29, 0.717) is 13.0 Å². The molecule has 0 saturated heterocycles. The van der Waals surface area contributed by atoms with Gasteiger partial charge in [-0.15, -0.1) is 6.42 Å². The molecule has 0 amide bonds. The quantitative estimate of drug-likeness (QED) is 0.739. The second-order valence-corrected chi connectivity index (χ2v) is 8.78. The number of carbonyl (C=O) groups is 1. The second kappa shape index (κ2) is 5.66. The summed E-state index contributed by atoms with van der Waals surface area (Å²) in [5.41, 5.74) is -0.0654. The van der Waals surface area contributed by atoms with E-state index in [0.717, 1.165) is 8.96 Å². The molecular formula is C16H17Br2NO2. The van der Waals surface area contributed by atoms with Gasteiger partial charge in [-0.2, -0.15) is 0 Å². The molecule has 0 unspecified atom stereocenters. The van der Waals surface area contributed by atoms with Crippen LogP contribution in [-0.2, 0) is 17.8 Å². The lowest BCUT2D eigenvalue weighted by molar-refractivity contribution is -0.145. The van der Waals surface area contributed by atoms with Gasteiger partial charge >= 0.3 is 5.97 Å². The Kier molecular flexibility index (Phi) is 4.41. The van der Waals surface area contributed by atoms with E-state index in [2.05, 4.69) is 37.8 Å². The molecule has 1 aromatic heterocycles. The lowest BCUT2D eigenvalue weighted by atomic mass is 9.89. The SMILES string of the molecule is C#CCn1ccc(C[C@@]2(C(=O)O)[C@H](C=C(Br)Br)C2(C)C)c1. The molecule has 1 aliphatic rings.